The van der Waals surface area contributed by atoms with Gasteiger partial charge in [0.25, 0.3) is 0 Å². The number of halogens is 1. The summed E-state index contributed by atoms with van der Waals surface area (Å²) in [7, 11) is 0. The molecule has 2 aromatic rings. The van der Waals surface area contributed by atoms with Gasteiger partial charge in [0.05, 0.1) is 10.5 Å². The SMILES string of the molecule is CCC1Oc2c(cc3ccccc3c2Br)C1N. The first kappa shape index (κ1) is 11.1. The number of hydrogen-bond donors (Lipinski definition) is 1. The van der Waals surface area contributed by atoms with Crippen molar-refractivity contribution in [3.05, 3.63) is 40.4 Å². The fourth-order valence-electron chi connectivity index (χ4n) is 2.43. The molecule has 0 amide bonds. The van der Waals surface area contributed by atoms with Gasteiger partial charge < -0.3 is 10.5 Å². The van der Waals surface area contributed by atoms with E-state index in [9.17, 15) is 0 Å². The molecular formula is C14H14BrNO. The third-order valence-corrected chi connectivity index (χ3v) is 4.19. The fraction of sp³-hybridized carbons (Fsp3) is 0.286. The van der Waals surface area contributed by atoms with Gasteiger partial charge in [-0.3, -0.25) is 0 Å². The number of rotatable bonds is 1. The van der Waals surface area contributed by atoms with Gasteiger partial charge in [-0.25, -0.2) is 0 Å². The Morgan fingerprint density at radius 3 is 2.88 bits per heavy atom. The van der Waals surface area contributed by atoms with Crippen molar-refractivity contribution in [3.63, 3.8) is 0 Å². The van der Waals surface area contributed by atoms with Crippen LogP contribution >= 0.6 is 15.9 Å². The summed E-state index contributed by atoms with van der Waals surface area (Å²) in [5, 5.41) is 2.38. The Hall–Kier alpha value is -1.06. The second-order valence-corrected chi connectivity index (χ2v) is 5.21. The number of ether oxygens (including phenoxy) is 1. The standard InChI is InChI=1S/C14H14BrNO/c1-2-11-13(16)10-7-8-5-3-4-6-9(8)12(15)14(10)17-11/h3-7,11,13H,2,16H2,1H3. The molecule has 1 heterocycles. The van der Waals surface area contributed by atoms with Crippen molar-refractivity contribution < 1.29 is 4.74 Å². The Balaban J connectivity index is 2.27. The van der Waals surface area contributed by atoms with Crippen LogP contribution in [-0.4, -0.2) is 6.10 Å². The molecule has 0 bridgehead atoms. The molecule has 0 aliphatic carbocycles. The van der Waals surface area contributed by atoms with Crippen molar-refractivity contribution in [1.82, 2.24) is 0 Å². The molecule has 3 heteroatoms. The van der Waals surface area contributed by atoms with Crippen LogP contribution in [0.4, 0.5) is 0 Å². The van der Waals surface area contributed by atoms with Crippen molar-refractivity contribution >= 4 is 26.7 Å². The topological polar surface area (TPSA) is 35.2 Å². The van der Waals surface area contributed by atoms with Crippen LogP contribution in [-0.2, 0) is 0 Å². The highest BCUT2D eigenvalue weighted by atomic mass is 79.9. The summed E-state index contributed by atoms with van der Waals surface area (Å²) in [6, 6.07) is 10.4. The second kappa shape index (κ2) is 4.00. The van der Waals surface area contributed by atoms with Crippen LogP contribution in [0, 0.1) is 0 Å². The van der Waals surface area contributed by atoms with E-state index in [1.165, 1.54) is 10.8 Å². The minimum atomic E-state index is -0.0177. The van der Waals surface area contributed by atoms with Gasteiger partial charge in [0.1, 0.15) is 11.9 Å². The lowest BCUT2D eigenvalue weighted by molar-refractivity contribution is 0.201. The smallest absolute Gasteiger partial charge is 0.139 e. The van der Waals surface area contributed by atoms with Crippen molar-refractivity contribution in [2.24, 2.45) is 5.73 Å². The van der Waals surface area contributed by atoms with Gasteiger partial charge >= 0.3 is 0 Å². The van der Waals surface area contributed by atoms with Crippen molar-refractivity contribution in [2.75, 3.05) is 0 Å². The molecule has 2 atom stereocenters. The van der Waals surface area contributed by atoms with Crippen LogP contribution in [0.3, 0.4) is 0 Å². The molecule has 88 valence electrons. The van der Waals surface area contributed by atoms with Gasteiger partial charge in [0.15, 0.2) is 0 Å². The maximum Gasteiger partial charge on any atom is 0.139 e. The van der Waals surface area contributed by atoms with E-state index in [1.54, 1.807) is 0 Å². The van der Waals surface area contributed by atoms with Gasteiger partial charge in [0.2, 0.25) is 0 Å². The van der Waals surface area contributed by atoms with Crippen LogP contribution in [0.5, 0.6) is 5.75 Å². The van der Waals surface area contributed by atoms with Crippen LogP contribution in [0.25, 0.3) is 10.8 Å². The number of benzene rings is 2. The molecule has 1 aliphatic rings. The normalized spacial score (nSPS) is 22.5. The van der Waals surface area contributed by atoms with Crippen LogP contribution < -0.4 is 10.5 Å². The zero-order valence-electron chi connectivity index (χ0n) is 9.61. The van der Waals surface area contributed by atoms with Crippen molar-refractivity contribution in [3.8, 4) is 5.75 Å². The Morgan fingerprint density at radius 2 is 2.12 bits per heavy atom. The van der Waals surface area contributed by atoms with E-state index in [0.717, 1.165) is 22.2 Å². The number of fused-ring (bicyclic) bond motifs is 2. The Bertz CT molecular complexity index is 582. The molecule has 2 unspecified atom stereocenters. The van der Waals surface area contributed by atoms with E-state index in [-0.39, 0.29) is 12.1 Å². The Labute approximate surface area is 109 Å². The predicted octanol–water partition coefficient (Wildman–Crippen LogP) is 3.77. The summed E-state index contributed by atoms with van der Waals surface area (Å²) in [6.45, 7) is 2.10. The predicted molar refractivity (Wildman–Crippen MR) is 73.3 cm³/mol. The molecule has 2 aromatic carbocycles. The zero-order valence-corrected chi connectivity index (χ0v) is 11.2. The minimum Gasteiger partial charge on any atom is -0.487 e. The molecule has 2 N–H and O–H groups in total. The van der Waals surface area contributed by atoms with Gasteiger partial charge in [-0.2, -0.15) is 0 Å². The molecule has 1 aliphatic heterocycles. The summed E-state index contributed by atoms with van der Waals surface area (Å²) in [5.74, 6) is 0.919. The van der Waals surface area contributed by atoms with Gasteiger partial charge in [-0.1, -0.05) is 31.2 Å². The van der Waals surface area contributed by atoms with E-state index in [1.807, 2.05) is 12.1 Å². The molecule has 2 nitrogen and oxygen atoms in total. The zero-order chi connectivity index (χ0) is 12.0. The molecular weight excluding hydrogens is 278 g/mol. The minimum absolute atomic E-state index is 0.0177. The van der Waals surface area contributed by atoms with E-state index >= 15 is 0 Å². The van der Waals surface area contributed by atoms with E-state index in [4.69, 9.17) is 10.5 Å². The molecule has 0 spiro atoms. The summed E-state index contributed by atoms with van der Waals surface area (Å²) in [5.41, 5.74) is 7.33. The second-order valence-electron chi connectivity index (χ2n) is 4.42. The average Bonchev–Trinajstić information content (AvgIpc) is 2.68. The molecule has 0 saturated carbocycles. The van der Waals surface area contributed by atoms with Crippen molar-refractivity contribution in [1.29, 1.82) is 0 Å². The highest BCUT2D eigenvalue weighted by Gasteiger charge is 2.32. The maximum atomic E-state index is 6.22. The maximum absolute atomic E-state index is 6.22. The van der Waals surface area contributed by atoms with Crippen LogP contribution in [0.1, 0.15) is 24.9 Å². The Morgan fingerprint density at radius 1 is 1.35 bits per heavy atom. The first-order chi connectivity index (χ1) is 8.22. The lowest BCUT2D eigenvalue weighted by atomic mass is 9.99. The summed E-state index contributed by atoms with van der Waals surface area (Å²) < 4.78 is 6.96. The number of hydrogen-bond acceptors (Lipinski definition) is 2. The van der Waals surface area contributed by atoms with Gasteiger partial charge in [-0.15, -0.1) is 0 Å². The van der Waals surface area contributed by atoms with E-state index in [0.29, 0.717) is 0 Å². The highest BCUT2D eigenvalue weighted by molar-refractivity contribution is 9.10. The van der Waals surface area contributed by atoms with Crippen molar-refractivity contribution in [2.45, 2.75) is 25.5 Å². The number of nitrogens with two attached hydrogens (primary N) is 1. The first-order valence-corrected chi connectivity index (χ1v) is 6.65. The molecule has 17 heavy (non-hydrogen) atoms. The molecule has 0 saturated heterocycles. The van der Waals surface area contributed by atoms with Gasteiger partial charge in [0, 0.05) is 5.56 Å². The van der Waals surface area contributed by atoms with Gasteiger partial charge in [-0.05, 0) is 39.2 Å². The van der Waals surface area contributed by atoms with Crippen LogP contribution in [0.15, 0.2) is 34.8 Å². The van der Waals surface area contributed by atoms with E-state index in [2.05, 4.69) is 41.1 Å². The largest absolute Gasteiger partial charge is 0.487 e. The monoisotopic (exact) mass is 291 g/mol. The quantitative estimate of drug-likeness (QED) is 0.868. The lowest BCUT2D eigenvalue weighted by Gasteiger charge is -2.11. The highest BCUT2D eigenvalue weighted by Crippen LogP contribution is 2.45. The molecule has 0 fully saturated rings. The molecule has 3 rings (SSSR count). The van der Waals surface area contributed by atoms with Crippen LogP contribution in [0.2, 0.25) is 0 Å². The molecule has 0 aromatic heterocycles. The Kier molecular flexibility index (Phi) is 2.60. The lowest BCUT2D eigenvalue weighted by Crippen LogP contribution is -2.24. The fourth-order valence-corrected chi connectivity index (χ4v) is 3.12. The summed E-state index contributed by atoms with van der Waals surface area (Å²) in [6.07, 6.45) is 1.02. The van der Waals surface area contributed by atoms with E-state index < -0.39 is 0 Å². The third-order valence-electron chi connectivity index (χ3n) is 3.40. The summed E-state index contributed by atoms with van der Waals surface area (Å²) in [4.78, 5) is 0. The average molecular weight is 292 g/mol. The third kappa shape index (κ3) is 1.57. The summed E-state index contributed by atoms with van der Waals surface area (Å²) >= 11 is 3.64. The first-order valence-electron chi connectivity index (χ1n) is 5.85. The molecule has 0 radical (unpaired) electrons.